The molecule has 1 aliphatic heterocycles. The van der Waals surface area contributed by atoms with Crippen molar-refractivity contribution < 1.29 is 9.84 Å². The van der Waals surface area contributed by atoms with Crippen LogP contribution in [0.3, 0.4) is 0 Å². The standard InChI is InChI=1S/C15H28B4N2O2/c1-7(2)23-11-4-10(8(3)12(16)13(11)20)9-5-14(17,18)21-15(19,22)6-9/h4,7,9,21-22H,5-6,16-20H2,1-3H3. The molecule has 1 aromatic carbocycles. The van der Waals surface area contributed by atoms with E-state index < -0.39 is 5.62 Å². The lowest BCUT2D eigenvalue weighted by Crippen LogP contribution is -2.64. The van der Waals surface area contributed by atoms with Gasteiger partial charge in [0.1, 0.15) is 29.3 Å². The SMILES string of the molecule is Bc1c(C)c(C2CC(B)(B)NC(B)(O)C2)cc(OC(C)C)c1N. The second-order valence-electron chi connectivity index (χ2n) is 8.18. The lowest BCUT2D eigenvalue weighted by atomic mass is 9.52. The minimum absolute atomic E-state index is 0.0832. The number of anilines is 1. The van der Waals surface area contributed by atoms with Crippen LogP contribution in [0.5, 0.6) is 5.75 Å². The maximum Gasteiger partial charge on any atom is 0.162 e. The van der Waals surface area contributed by atoms with E-state index in [2.05, 4.69) is 34.0 Å². The monoisotopic (exact) mass is 312 g/mol. The minimum Gasteiger partial charge on any atom is -0.489 e. The number of ether oxygens (including phenoxy) is 1. The summed E-state index contributed by atoms with van der Waals surface area (Å²) in [5.74, 6) is 1.03. The first-order valence-corrected chi connectivity index (χ1v) is 8.50. The van der Waals surface area contributed by atoms with Crippen molar-refractivity contribution in [3.63, 3.8) is 0 Å². The van der Waals surface area contributed by atoms with Crippen LogP contribution in [0.25, 0.3) is 0 Å². The molecule has 1 aromatic rings. The van der Waals surface area contributed by atoms with Gasteiger partial charge in [0.05, 0.1) is 17.4 Å². The summed E-state index contributed by atoms with van der Waals surface area (Å²) in [5, 5.41) is 13.8. The largest absolute Gasteiger partial charge is 0.489 e. The number of hydrogen-bond acceptors (Lipinski definition) is 4. The van der Waals surface area contributed by atoms with Crippen molar-refractivity contribution in [1.82, 2.24) is 5.32 Å². The van der Waals surface area contributed by atoms with Gasteiger partial charge in [-0.2, -0.15) is 0 Å². The second kappa shape index (κ2) is 6.14. The molecule has 4 nitrogen and oxygen atoms in total. The van der Waals surface area contributed by atoms with Crippen molar-refractivity contribution in [2.24, 2.45) is 0 Å². The van der Waals surface area contributed by atoms with E-state index in [0.717, 1.165) is 23.3 Å². The van der Waals surface area contributed by atoms with Crippen LogP contribution in [0.1, 0.15) is 43.7 Å². The lowest BCUT2D eigenvalue weighted by Gasteiger charge is -2.46. The zero-order valence-corrected chi connectivity index (χ0v) is 15.6. The van der Waals surface area contributed by atoms with E-state index in [0.29, 0.717) is 6.42 Å². The molecule has 122 valence electrons. The maximum atomic E-state index is 10.6. The first-order valence-electron chi connectivity index (χ1n) is 8.50. The normalized spacial score (nSPS) is 27.1. The molecule has 2 atom stereocenters. The third kappa shape index (κ3) is 4.10. The topological polar surface area (TPSA) is 67.5 Å². The Morgan fingerprint density at radius 1 is 1.35 bits per heavy atom. The van der Waals surface area contributed by atoms with Crippen LogP contribution >= 0.6 is 0 Å². The van der Waals surface area contributed by atoms with Gasteiger partial charge in [0.15, 0.2) is 7.85 Å². The Morgan fingerprint density at radius 2 is 1.96 bits per heavy atom. The molecule has 23 heavy (non-hydrogen) atoms. The summed E-state index contributed by atoms with van der Waals surface area (Å²) in [6.45, 7) is 6.13. The first kappa shape index (κ1) is 18.3. The zero-order valence-electron chi connectivity index (χ0n) is 15.6. The van der Waals surface area contributed by atoms with E-state index >= 15 is 0 Å². The summed E-state index contributed by atoms with van der Waals surface area (Å²) < 4.78 is 5.91. The van der Waals surface area contributed by atoms with Gasteiger partial charge in [-0.25, -0.2) is 0 Å². The van der Waals surface area contributed by atoms with Crippen molar-refractivity contribution in [2.75, 3.05) is 5.73 Å². The molecular formula is C15H28B4N2O2. The van der Waals surface area contributed by atoms with Crippen LogP contribution in [0.2, 0.25) is 0 Å². The lowest BCUT2D eigenvalue weighted by molar-refractivity contribution is 0.0393. The first-order chi connectivity index (χ1) is 10.4. The summed E-state index contributed by atoms with van der Waals surface area (Å²) in [6.07, 6.45) is 1.73. The molecule has 0 aromatic heterocycles. The average molecular weight is 312 g/mol. The molecule has 0 radical (unpaired) electrons. The number of nitrogens with two attached hydrogens (primary N) is 1. The summed E-state index contributed by atoms with van der Waals surface area (Å²) in [5.41, 5.74) is 9.63. The third-order valence-corrected chi connectivity index (χ3v) is 4.76. The Kier molecular flexibility index (Phi) is 4.89. The molecule has 4 N–H and O–H groups in total. The summed E-state index contributed by atoms with van der Waals surface area (Å²) in [4.78, 5) is 0. The van der Waals surface area contributed by atoms with E-state index in [9.17, 15) is 5.11 Å². The van der Waals surface area contributed by atoms with Gasteiger partial charge in [0, 0.05) is 0 Å². The van der Waals surface area contributed by atoms with Crippen LogP contribution in [0.4, 0.5) is 5.69 Å². The van der Waals surface area contributed by atoms with Gasteiger partial charge in [-0.05, 0) is 56.5 Å². The van der Waals surface area contributed by atoms with Crippen molar-refractivity contribution in [2.45, 2.75) is 56.6 Å². The van der Waals surface area contributed by atoms with Crippen LogP contribution in [0, 0.1) is 6.92 Å². The summed E-state index contributed by atoms with van der Waals surface area (Å²) >= 11 is 0. The fourth-order valence-electron chi connectivity index (χ4n) is 3.92. The molecule has 8 heteroatoms. The number of nitrogens with one attached hydrogen (secondary N) is 1. The number of hydrogen-bond donors (Lipinski definition) is 3. The average Bonchev–Trinajstić information content (AvgIpc) is 2.35. The highest BCUT2D eigenvalue weighted by atomic mass is 16.5. The molecular weight excluding hydrogens is 283 g/mol. The number of benzene rings is 1. The van der Waals surface area contributed by atoms with Crippen molar-refractivity contribution in [3.05, 3.63) is 17.2 Å². The van der Waals surface area contributed by atoms with Crippen LogP contribution in [-0.4, -0.2) is 53.6 Å². The Bertz CT molecular complexity index is 590. The molecule has 0 bridgehead atoms. The van der Waals surface area contributed by atoms with Gasteiger partial charge in [0.25, 0.3) is 0 Å². The number of rotatable bonds is 3. The molecule has 2 unspecified atom stereocenters. The molecule has 0 amide bonds. The summed E-state index contributed by atoms with van der Waals surface area (Å²) in [7, 11) is 8.18. The molecule has 1 fully saturated rings. The van der Waals surface area contributed by atoms with Gasteiger partial charge in [-0.15, -0.1) is 0 Å². The van der Waals surface area contributed by atoms with Crippen molar-refractivity contribution in [3.8, 4) is 5.75 Å². The highest BCUT2D eigenvalue weighted by Gasteiger charge is 2.40. The zero-order chi connectivity index (χ0) is 17.6. The predicted molar refractivity (Wildman–Crippen MR) is 108 cm³/mol. The van der Waals surface area contributed by atoms with Gasteiger partial charge < -0.3 is 20.9 Å². The van der Waals surface area contributed by atoms with Crippen LogP contribution in [-0.2, 0) is 0 Å². The van der Waals surface area contributed by atoms with E-state index in [1.165, 1.54) is 11.1 Å². The quantitative estimate of drug-likeness (QED) is 0.419. The smallest absolute Gasteiger partial charge is 0.162 e. The highest BCUT2D eigenvalue weighted by Crippen LogP contribution is 2.39. The predicted octanol–water partition coefficient (Wildman–Crippen LogP) is -2.71. The fraction of sp³-hybridized carbons (Fsp3) is 0.600. The summed E-state index contributed by atoms with van der Waals surface area (Å²) in [6, 6.07) is 2.08. The molecule has 0 saturated carbocycles. The molecule has 1 aliphatic rings. The van der Waals surface area contributed by atoms with Crippen LogP contribution < -0.4 is 21.3 Å². The van der Waals surface area contributed by atoms with Gasteiger partial charge in [-0.1, -0.05) is 11.0 Å². The number of aliphatic hydroxyl groups is 1. The third-order valence-electron chi connectivity index (χ3n) is 4.76. The number of piperidine rings is 1. The molecule has 2 rings (SSSR count). The van der Waals surface area contributed by atoms with E-state index in [4.69, 9.17) is 10.5 Å². The van der Waals surface area contributed by atoms with Gasteiger partial charge >= 0.3 is 0 Å². The van der Waals surface area contributed by atoms with E-state index in [1.54, 1.807) is 0 Å². The maximum absolute atomic E-state index is 10.6. The van der Waals surface area contributed by atoms with Crippen molar-refractivity contribution >= 4 is 42.5 Å². The Hall–Kier alpha value is -1.00. The molecule has 1 saturated heterocycles. The Balaban J connectivity index is 2.48. The molecule has 1 heterocycles. The van der Waals surface area contributed by atoms with Crippen molar-refractivity contribution in [1.29, 1.82) is 0 Å². The Morgan fingerprint density at radius 3 is 2.48 bits per heavy atom. The minimum atomic E-state index is -0.868. The number of nitrogen functional groups attached to an aromatic ring is 1. The van der Waals surface area contributed by atoms with E-state index in [-0.39, 0.29) is 17.4 Å². The van der Waals surface area contributed by atoms with E-state index in [1.807, 2.05) is 29.5 Å². The molecule has 0 aliphatic carbocycles. The van der Waals surface area contributed by atoms with Crippen LogP contribution in [0.15, 0.2) is 6.07 Å². The molecule has 0 spiro atoms. The van der Waals surface area contributed by atoms with Gasteiger partial charge in [-0.3, -0.25) is 0 Å². The van der Waals surface area contributed by atoms with Gasteiger partial charge in [0.2, 0.25) is 0 Å². The fourth-order valence-corrected chi connectivity index (χ4v) is 3.92. The second-order valence-corrected chi connectivity index (χ2v) is 8.18. The highest BCUT2D eigenvalue weighted by molar-refractivity contribution is 6.40. The Labute approximate surface area is 143 Å².